The molecule has 1 aromatic carbocycles. The average Bonchev–Trinajstić information content (AvgIpc) is 2.03. The molecule has 1 heterocycles. The van der Waals surface area contributed by atoms with Crippen molar-refractivity contribution in [3.05, 3.63) is 26.2 Å². The van der Waals surface area contributed by atoms with Crippen LogP contribution in [0.3, 0.4) is 0 Å². The molecule has 1 saturated heterocycles. The second kappa shape index (κ2) is 4.40. The van der Waals surface area contributed by atoms with Gasteiger partial charge in [-0.05, 0) is 56.7 Å². The maximum atomic E-state index is 3.54. The van der Waals surface area contributed by atoms with E-state index in [0.717, 1.165) is 4.47 Å². The average molecular weight is 370 g/mol. The highest BCUT2D eigenvalue weighted by Crippen LogP contribution is 2.28. The number of thioether (sulfide) groups is 1. The van der Waals surface area contributed by atoms with E-state index in [1.807, 2.05) is 11.8 Å². The minimum Gasteiger partial charge on any atom is -0.380 e. The molecular weight excluding hydrogens is 361 g/mol. The van der Waals surface area contributed by atoms with E-state index in [1.165, 1.54) is 20.8 Å². The Labute approximate surface area is 104 Å². The Balaban J connectivity index is 2.13. The molecule has 0 aliphatic carbocycles. The van der Waals surface area contributed by atoms with Crippen LogP contribution in [0.15, 0.2) is 22.7 Å². The van der Waals surface area contributed by atoms with Gasteiger partial charge in [0, 0.05) is 31.3 Å². The van der Waals surface area contributed by atoms with E-state index in [9.17, 15) is 0 Å². The first-order valence-corrected chi connectivity index (χ1v) is 7.07. The number of nitrogens with one attached hydrogen (secondary N) is 1. The van der Waals surface area contributed by atoms with Crippen LogP contribution >= 0.6 is 50.3 Å². The third kappa shape index (κ3) is 2.53. The van der Waals surface area contributed by atoms with E-state index in [0.29, 0.717) is 6.04 Å². The van der Waals surface area contributed by atoms with E-state index in [2.05, 4.69) is 62.0 Å². The Bertz CT molecular complexity index is 314. The minimum absolute atomic E-state index is 0.666. The van der Waals surface area contributed by atoms with Gasteiger partial charge in [-0.2, -0.15) is 11.8 Å². The summed E-state index contributed by atoms with van der Waals surface area (Å²) in [6.07, 6.45) is 0. The lowest BCUT2D eigenvalue weighted by Gasteiger charge is -2.27. The van der Waals surface area contributed by atoms with Crippen LogP contribution in [0, 0.1) is 3.57 Å². The van der Waals surface area contributed by atoms with E-state index in [4.69, 9.17) is 0 Å². The van der Waals surface area contributed by atoms with Gasteiger partial charge in [0.05, 0.1) is 0 Å². The van der Waals surface area contributed by atoms with Gasteiger partial charge in [0.25, 0.3) is 0 Å². The largest absolute Gasteiger partial charge is 0.380 e. The van der Waals surface area contributed by atoms with E-state index >= 15 is 0 Å². The number of anilines is 1. The van der Waals surface area contributed by atoms with Crippen LogP contribution in [0.2, 0.25) is 0 Å². The van der Waals surface area contributed by atoms with Crippen LogP contribution in [-0.2, 0) is 0 Å². The lowest BCUT2D eigenvalue weighted by atomic mass is 10.3. The lowest BCUT2D eigenvalue weighted by molar-refractivity contribution is 0.881. The van der Waals surface area contributed by atoms with Crippen LogP contribution in [0.5, 0.6) is 0 Å². The van der Waals surface area contributed by atoms with Crippen LogP contribution < -0.4 is 5.32 Å². The van der Waals surface area contributed by atoms with Crippen molar-refractivity contribution in [3.8, 4) is 0 Å². The van der Waals surface area contributed by atoms with Gasteiger partial charge >= 0.3 is 0 Å². The second-order valence-electron chi connectivity index (χ2n) is 3.00. The topological polar surface area (TPSA) is 12.0 Å². The highest BCUT2D eigenvalue weighted by atomic mass is 127. The van der Waals surface area contributed by atoms with Crippen molar-refractivity contribution in [1.29, 1.82) is 0 Å². The molecule has 1 aliphatic rings. The summed E-state index contributed by atoms with van der Waals surface area (Å²) >= 11 is 7.87. The number of benzene rings is 1. The standard InChI is InChI=1S/C9H9BrINS/c10-8-2-1-6(11)3-9(8)12-7-4-13-5-7/h1-3,7,12H,4-5H2. The Morgan fingerprint density at radius 3 is 2.85 bits per heavy atom. The van der Waals surface area contributed by atoms with Crippen molar-refractivity contribution >= 4 is 56.0 Å². The molecule has 0 aromatic heterocycles. The molecule has 1 N–H and O–H groups in total. The van der Waals surface area contributed by atoms with E-state index in [-0.39, 0.29) is 0 Å². The molecule has 1 fully saturated rings. The molecule has 1 aromatic rings. The van der Waals surface area contributed by atoms with E-state index < -0.39 is 0 Å². The first-order valence-electron chi connectivity index (χ1n) is 4.05. The van der Waals surface area contributed by atoms with Crippen molar-refractivity contribution in [2.75, 3.05) is 16.8 Å². The molecule has 4 heteroatoms. The molecule has 1 nitrogen and oxygen atoms in total. The van der Waals surface area contributed by atoms with Crippen molar-refractivity contribution in [2.45, 2.75) is 6.04 Å². The summed E-state index contributed by atoms with van der Waals surface area (Å²) in [5.41, 5.74) is 1.22. The van der Waals surface area contributed by atoms with Crippen molar-refractivity contribution < 1.29 is 0 Å². The molecule has 0 radical (unpaired) electrons. The highest BCUT2D eigenvalue weighted by Gasteiger charge is 2.18. The molecular formula is C9H9BrINS. The maximum absolute atomic E-state index is 3.54. The van der Waals surface area contributed by atoms with Gasteiger partial charge in [-0.25, -0.2) is 0 Å². The fraction of sp³-hybridized carbons (Fsp3) is 0.333. The Morgan fingerprint density at radius 1 is 1.46 bits per heavy atom. The summed E-state index contributed by atoms with van der Waals surface area (Å²) in [7, 11) is 0. The Hall–Kier alpha value is 0.580. The van der Waals surface area contributed by atoms with Gasteiger partial charge in [0.2, 0.25) is 0 Å². The molecule has 0 amide bonds. The third-order valence-corrected chi connectivity index (χ3v) is 4.56. The minimum atomic E-state index is 0.666. The summed E-state index contributed by atoms with van der Waals surface area (Å²) in [5.74, 6) is 2.47. The quantitative estimate of drug-likeness (QED) is 0.799. The molecule has 70 valence electrons. The summed E-state index contributed by atoms with van der Waals surface area (Å²) in [5, 5.41) is 3.51. The number of halogens is 2. The van der Waals surface area contributed by atoms with Crippen molar-refractivity contribution in [1.82, 2.24) is 0 Å². The predicted octanol–water partition coefficient (Wildman–Crippen LogP) is 3.58. The SMILES string of the molecule is Brc1ccc(I)cc1NC1CSC1. The molecule has 0 spiro atoms. The molecule has 0 unspecified atom stereocenters. The van der Waals surface area contributed by atoms with Gasteiger partial charge in [0.15, 0.2) is 0 Å². The van der Waals surface area contributed by atoms with Crippen molar-refractivity contribution in [3.63, 3.8) is 0 Å². The highest BCUT2D eigenvalue weighted by molar-refractivity contribution is 14.1. The van der Waals surface area contributed by atoms with Crippen molar-refractivity contribution in [2.24, 2.45) is 0 Å². The number of rotatable bonds is 2. The predicted molar refractivity (Wildman–Crippen MR) is 71.6 cm³/mol. The lowest BCUT2D eigenvalue weighted by Crippen LogP contribution is -2.33. The second-order valence-corrected chi connectivity index (χ2v) is 6.18. The summed E-state index contributed by atoms with van der Waals surface area (Å²) in [4.78, 5) is 0. The summed E-state index contributed by atoms with van der Waals surface area (Å²) in [6, 6.07) is 7.04. The number of hydrogen-bond donors (Lipinski definition) is 1. The Morgan fingerprint density at radius 2 is 2.23 bits per heavy atom. The number of hydrogen-bond acceptors (Lipinski definition) is 2. The van der Waals surface area contributed by atoms with Gasteiger partial charge in [-0.1, -0.05) is 0 Å². The molecule has 0 saturated carbocycles. The Kier molecular flexibility index (Phi) is 3.42. The van der Waals surface area contributed by atoms with Gasteiger partial charge in [-0.3, -0.25) is 0 Å². The zero-order valence-electron chi connectivity index (χ0n) is 6.89. The molecule has 13 heavy (non-hydrogen) atoms. The monoisotopic (exact) mass is 369 g/mol. The zero-order chi connectivity index (χ0) is 9.26. The van der Waals surface area contributed by atoms with Crippen LogP contribution in [-0.4, -0.2) is 17.5 Å². The molecule has 0 atom stereocenters. The fourth-order valence-electron chi connectivity index (χ4n) is 1.15. The first kappa shape index (κ1) is 10.1. The molecule has 0 bridgehead atoms. The normalized spacial score (nSPS) is 16.8. The summed E-state index contributed by atoms with van der Waals surface area (Å²) < 4.78 is 2.43. The maximum Gasteiger partial charge on any atom is 0.0497 e. The third-order valence-electron chi connectivity index (χ3n) is 1.93. The van der Waals surface area contributed by atoms with Crippen LogP contribution in [0.4, 0.5) is 5.69 Å². The summed E-state index contributed by atoms with van der Waals surface area (Å²) in [6.45, 7) is 0. The van der Waals surface area contributed by atoms with Gasteiger partial charge in [-0.15, -0.1) is 0 Å². The molecule has 2 rings (SSSR count). The smallest absolute Gasteiger partial charge is 0.0497 e. The van der Waals surface area contributed by atoms with Gasteiger partial charge < -0.3 is 5.32 Å². The van der Waals surface area contributed by atoms with Crippen LogP contribution in [0.1, 0.15) is 0 Å². The zero-order valence-corrected chi connectivity index (χ0v) is 11.4. The van der Waals surface area contributed by atoms with Crippen LogP contribution in [0.25, 0.3) is 0 Å². The van der Waals surface area contributed by atoms with E-state index in [1.54, 1.807) is 0 Å². The molecule has 1 aliphatic heterocycles. The first-order chi connectivity index (χ1) is 6.25. The fourth-order valence-corrected chi connectivity index (χ4v) is 2.64. The van der Waals surface area contributed by atoms with Gasteiger partial charge in [0.1, 0.15) is 0 Å².